The van der Waals surface area contributed by atoms with Crippen LogP contribution in [0.1, 0.15) is 50.0 Å². The average molecular weight is 421 g/mol. The van der Waals surface area contributed by atoms with Crippen LogP contribution >= 0.6 is 0 Å². The summed E-state index contributed by atoms with van der Waals surface area (Å²) in [7, 11) is 0. The Hall–Kier alpha value is -2.06. The summed E-state index contributed by atoms with van der Waals surface area (Å²) in [6, 6.07) is 4.48. The van der Waals surface area contributed by atoms with Crippen LogP contribution in [0.25, 0.3) is 0 Å². The lowest BCUT2D eigenvalue weighted by Crippen LogP contribution is -2.48. The van der Waals surface area contributed by atoms with Crippen LogP contribution in [-0.4, -0.2) is 61.1 Å². The van der Waals surface area contributed by atoms with E-state index >= 15 is 0 Å². The predicted octanol–water partition coefficient (Wildman–Crippen LogP) is 2.31. The van der Waals surface area contributed by atoms with Crippen molar-refractivity contribution in [1.29, 1.82) is 0 Å². The standard InChI is InChI=1S/C22H30F2N4O2/c23-18-13-16(26-19-3-4-20(29)27-21(19)30)1-2-17(18)15-5-11-28(12-6-15)14-22(24)7-9-25-10-8-22/h1-2,13,15,19,25-26H,3-12,14H2,(H,27,29,30). The summed E-state index contributed by atoms with van der Waals surface area (Å²) < 4.78 is 29.7. The van der Waals surface area contributed by atoms with E-state index in [1.165, 1.54) is 6.07 Å². The number of piperidine rings is 3. The molecule has 3 saturated heterocycles. The number of amides is 2. The van der Waals surface area contributed by atoms with E-state index in [-0.39, 0.29) is 30.0 Å². The second kappa shape index (κ2) is 8.98. The molecule has 30 heavy (non-hydrogen) atoms. The molecule has 0 spiro atoms. The number of halogens is 2. The van der Waals surface area contributed by atoms with E-state index in [0.717, 1.165) is 39.0 Å². The van der Waals surface area contributed by atoms with Gasteiger partial charge in [-0.3, -0.25) is 14.9 Å². The van der Waals surface area contributed by atoms with Gasteiger partial charge in [-0.05, 0) is 81.9 Å². The molecule has 1 aromatic carbocycles. The van der Waals surface area contributed by atoms with Crippen molar-refractivity contribution >= 4 is 17.5 Å². The highest BCUT2D eigenvalue weighted by Gasteiger charge is 2.35. The zero-order valence-electron chi connectivity index (χ0n) is 17.2. The first-order valence-corrected chi connectivity index (χ1v) is 10.9. The third kappa shape index (κ3) is 4.98. The minimum Gasteiger partial charge on any atom is -0.374 e. The third-order valence-corrected chi connectivity index (χ3v) is 6.61. The second-order valence-electron chi connectivity index (χ2n) is 8.84. The number of nitrogens with zero attached hydrogens (tertiary/aromatic N) is 1. The Balaban J connectivity index is 1.32. The first kappa shape index (κ1) is 21.2. The van der Waals surface area contributed by atoms with Gasteiger partial charge in [-0.25, -0.2) is 8.78 Å². The fraction of sp³-hybridized carbons (Fsp3) is 0.636. The molecule has 8 heteroatoms. The summed E-state index contributed by atoms with van der Waals surface area (Å²) in [6.07, 6.45) is 3.42. The van der Waals surface area contributed by atoms with Crippen LogP contribution in [-0.2, 0) is 9.59 Å². The van der Waals surface area contributed by atoms with Gasteiger partial charge in [0.25, 0.3) is 0 Å². The van der Waals surface area contributed by atoms with E-state index in [2.05, 4.69) is 20.9 Å². The van der Waals surface area contributed by atoms with Gasteiger partial charge in [-0.15, -0.1) is 0 Å². The molecule has 2 amide bonds. The SMILES string of the molecule is O=C1CCC(Nc2ccc(C3CCN(CC4(F)CCNCC4)CC3)c(F)c2)C(=O)N1. The van der Waals surface area contributed by atoms with Gasteiger partial charge in [0.05, 0.1) is 0 Å². The molecule has 1 aromatic rings. The zero-order chi connectivity index (χ0) is 21.1. The molecule has 3 N–H and O–H groups in total. The van der Waals surface area contributed by atoms with Crippen LogP contribution in [0.4, 0.5) is 14.5 Å². The summed E-state index contributed by atoms with van der Waals surface area (Å²) >= 11 is 0. The summed E-state index contributed by atoms with van der Waals surface area (Å²) in [6.45, 7) is 3.49. The van der Waals surface area contributed by atoms with Crippen molar-refractivity contribution in [1.82, 2.24) is 15.5 Å². The molecule has 6 nitrogen and oxygen atoms in total. The number of benzene rings is 1. The van der Waals surface area contributed by atoms with Gasteiger partial charge < -0.3 is 15.5 Å². The van der Waals surface area contributed by atoms with Gasteiger partial charge in [0, 0.05) is 18.7 Å². The quantitative estimate of drug-likeness (QED) is 0.638. The maximum absolute atomic E-state index is 14.9. The van der Waals surface area contributed by atoms with Crippen molar-refractivity contribution in [2.45, 2.75) is 56.2 Å². The smallest absolute Gasteiger partial charge is 0.249 e. The summed E-state index contributed by atoms with van der Waals surface area (Å²) in [4.78, 5) is 25.3. The number of imide groups is 1. The molecule has 4 rings (SSSR count). The Morgan fingerprint density at radius 2 is 1.87 bits per heavy atom. The molecule has 0 aliphatic carbocycles. The fourth-order valence-corrected chi connectivity index (χ4v) is 4.82. The maximum Gasteiger partial charge on any atom is 0.249 e. The normalized spacial score (nSPS) is 25.7. The van der Waals surface area contributed by atoms with Crippen molar-refractivity contribution in [3.05, 3.63) is 29.6 Å². The average Bonchev–Trinajstić information content (AvgIpc) is 2.71. The predicted molar refractivity (Wildman–Crippen MR) is 111 cm³/mol. The van der Waals surface area contributed by atoms with Crippen LogP contribution in [0.3, 0.4) is 0 Å². The largest absolute Gasteiger partial charge is 0.374 e. The van der Waals surface area contributed by atoms with E-state index in [4.69, 9.17) is 0 Å². The van der Waals surface area contributed by atoms with Crippen LogP contribution in [0.15, 0.2) is 18.2 Å². The second-order valence-corrected chi connectivity index (χ2v) is 8.84. The zero-order valence-corrected chi connectivity index (χ0v) is 17.2. The van der Waals surface area contributed by atoms with Gasteiger partial charge in [0.1, 0.15) is 17.5 Å². The molecule has 164 valence electrons. The van der Waals surface area contributed by atoms with Crippen molar-refractivity contribution in [3.8, 4) is 0 Å². The van der Waals surface area contributed by atoms with Gasteiger partial charge in [0.15, 0.2) is 0 Å². The Kier molecular flexibility index (Phi) is 6.34. The summed E-state index contributed by atoms with van der Waals surface area (Å²) in [5.41, 5.74) is 0.112. The van der Waals surface area contributed by atoms with E-state index in [9.17, 15) is 18.4 Å². The first-order chi connectivity index (χ1) is 14.4. The molecule has 1 atom stereocenters. The highest BCUT2D eigenvalue weighted by molar-refractivity contribution is 6.01. The van der Waals surface area contributed by atoms with Crippen LogP contribution in [0.5, 0.6) is 0 Å². The molecular weight excluding hydrogens is 390 g/mol. The van der Waals surface area contributed by atoms with E-state index in [1.807, 2.05) is 0 Å². The van der Waals surface area contributed by atoms with Crippen LogP contribution in [0.2, 0.25) is 0 Å². The Morgan fingerprint density at radius 1 is 1.13 bits per heavy atom. The number of hydrogen-bond acceptors (Lipinski definition) is 5. The molecule has 0 aromatic heterocycles. The van der Waals surface area contributed by atoms with E-state index in [0.29, 0.717) is 37.1 Å². The molecule has 3 aliphatic heterocycles. The Morgan fingerprint density at radius 3 is 2.53 bits per heavy atom. The van der Waals surface area contributed by atoms with Crippen molar-refractivity contribution in [3.63, 3.8) is 0 Å². The number of alkyl halides is 1. The lowest BCUT2D eigenvalue weighted by molar-refractivity contribution is -0.133. The van der Waals surface area contributed by atoms with Gasteiger partial charge in [-0.2, -0.15) is 0 Å². The molecule has 3 heterocycles. The lowest BCUT2D eigenvalue weighted by atomic mass is 9.87. The third-order valence-electron chi connectivity index (χ3n) is 6.61. The minimum absolute atomic E-state index is 0.120. The molecule has 1 unspecified atom stereocenters. The van der Waals surface area contributed by atoms with Crippen molar-refractivity contribution in [2.75, 3.05) is 38.0 Å². The van der Waals surface area contributed by atoms with Gasteiger partial charge >= 0.3 is 0 Å². The molecule has 0 saturated carbocycles. The highest BCUT2D eigenvalue weighted by atomic mass is 19.1. The van der Waals surface area contributed by atoms with Gasteiger partial charge in [-0.1, -0.05) is 6.07 Å². The Bertz CT molecular complexity index is 789. The number of rotatable bonds is 5. The van der Waals surface area contributed by atoms with Crippen LogP contribution in [0, 0.1) is 5.82 Å². The first-order valence-electron chi connectivity index (χ1n) is 10.9. The summed E-state index contributed by atoms with van der Waals surface area (Å²) in [5.74, 6) is -0.812. The topological polar surface area (TPSA) is 73.5 Å². The highest BCUT2D eigenvalue weighted by Crippen LogP contribution is 2.33. The molecule has 0 radical (unpaired) electrons. The van der Waals surface area contributed by atoms with E-state index < -0.39 is 11.7 Å². The molecule has 0 bridgehead atoms. The van der Waals surface area contributed by atoms with Crippen molar-refractivity contribution in [2.24, 2.45) is 0 Å². The maximum atomic E-state index is 14.9. The number of nitrogens with one attached hydrogen (secondary N) is 3. The number of hydrogen-bond donors (Lipinski definition) is 3. The molecular formula is C22H30F2N4O2. The van der Waals surface area contributed by atoms with Gasteiger partial charge in [0.2, 0.25) is 11.8 Å². The molecule has 3 aliphatic rings. The monoisotopic (exact) mass is 420 g/mol. The lowest BCUT2D eigenvalue weighted by Gasteiger charge is -2.38. The number of carbonyl (C=O) groups is 2. The van der Waals surface area contributed by atoms with E-state index in [1.54, 1.807) is 12.1 Å². The Labute approximate surface area is 175 Å². The number of anilines is 1. The fourth-order valence-electron chi connectivity index (χ4n) is 4.82. The molecule has 3 fully saturated rings. The number of likely N-dealkylation sites (tertiary alicyclic amines) is 1. The summed E-state index contributed by atoms with van der Waals surface area (Å²) in [5, 5.41) is 8.52. The van der Waals surface area contributed by atoms with Crippen molar-refractivity contribution < 1.29 is 18.4 Å². The van der Waals surface area contributed by atoms with Crippen LogP contribution < -0.4 is 16.0 Å². The minimum atomic E-state index is -1.10. The number of carbonyl (C=O) groups excluding carboxylic acids is 2.